The number of pyridine rings is 1. The lowest BCUT2D eigenvalue weighted by molar-refractivity contribution is 0.881. The maximum atomic E-state index is 11.8. The molecule has 0 atom stereocenters. The molecular weight excluding hydrogens is 220 g/mol. The molecule has 0 aliphatic heterocycles. The van der Waals surface area contributed by atoms with Crippen molar-refractivity contribution in [3.8, 4) is 0 Å². The third kappa shape index (κ3) is 1.73. The van der Waals surface area contributed by atoms with Gasteiger partial charge in [0, 0.05) is 10.9 Å². The van der Waals surface area contributed by atoms with Crippen LogP contribution in [-0.2, 0) is 0 Å². The molecule has 7 nitrogen and oxygen atoms in total. The molecule has 17 heavy (non-hydrogen) atoms. The molecule has 7 heteroatoms. The first-order valence-electron chi connectivity index (χ1n) is 4.96. The normalized spacial score (nSPS) is 10.6. The molecule has 0 spiro atoms. The summed E-state index contributed by atoms with van der Waals surface area (Å²) < 4.78 is 0. The molecule has 1 aromatic carbocycles. The largest absolute Gasteiger partial charge is 0.320 e. The summed E-state index contributed by atoms with van der Waals surface area (Å²) in [5, 5.41) is 16.7. The number of para-hydroxylation sites is 1. The number of nitrogens with one attached hydrogen (secondary N) is 3. The number of aromatic amines is 2. The van der Waals surface area contributed by atoms with Gasteiger partial charge in [-0.25, -0.2) is 5.10 Å². The monoisotopic (exact) mass is 228 g/mol. The minimum atomic E-state index is -0.222. The van der Waals surface area contributed by atoms with Gasteiger partial charge in [0.1, 0.15) is 5.69 Å². The highest BCUT2D eigenvalue weighted by Crippen LogP contribution is 2.14. The molecule has 0 radical (unpaired) electrons. The average Bonchev–Trinajstić information content (AvgIpc) is 2.83. The number of benzene rings is 1. The van der Waals surface area contributed by atoms with E-state index < -0.39 is 0 Å². The average molecular weight is 228 g/mol. The van der Waals surface area contributed by atoms with E-state index in [0.29, 0.717) is 11.6 Å². The Morgan fingerprint density at radius 1 is 1.24 bits per heavy atom. The quantitative estimate of drug-likeness (QED) is 0.602. The maximum Gasteiger partial charge on any atom is 0.272 e. The van der Waals surface area contributed by atoms with Gasteiger partial charge in [0.2, 0.25) is 5.95 Å². The van der Waals surface area contributed by atoms with E-state index in [1.165, 1.54) is 0 Å². The van der Waals surface area contributed by atoms with Gasteiger partial charge in [-0.2, -0.15) is 0 Å². The highest BCUT2D eigenvalue weighted by molar-refractivity contribution is 5.81. The van der Waals surface area contributed by atoms with E-state index in [9.17, 15) is 4.79 Å². The molecule has 0 unspecified atom stereocenters. The molecule has 0 saturated carbocycles. The topological polar surface area (TPSA) is 99.3 Å². The second-order valence-electron chi connectivity index (χ2n) is 3.47. The van der Waals surface area contributed by atoms with Gasteiger partial charge in [-0.1, -0.05) is 23.3 Å². The van der Waals surface area contributed by atoms with Gasteiger partial charge in [-0.05, 0) is 22.6 Å². The first-order valence-corrected chi connectivity index (χ1v) is 4.96. The van der Waals surface area contributed by atoms with Crippen molar-refractivity contribution < 1.29 is 0 Å². The van der Waals surface area contributed by atoms with Gasteiger partial charge in [-0.15, -0.1) is 0 Å². The van der Waals surface area contributed by atoms with Crippen LogP contribution in [0.2, 0.25) is 0 Å². The van der Waals surface area contributed by atoms with Gasteiger partial charge in [0.05, 0.1) is 0 Å². The summed E-state index contributed by atoms with van der Waals surface area (Å²) in [5.74, 6) is 0.325. The molecule has 0 amide bonds. The number of nitrogens with zero attached hydrogens (tertiary/aromatic N) is 3. The lowest BCUT2D eigenvalue weighted by Gasteiger charge is -2.02. The summed E-state index contributed by atoms with van der Waals surface area (Å²) in [6.45, 7) is 0. The summed E-state index contributed by atoms with van der Waals surface area (Å²) in [6, 6.07) is 9.27. The highest BCUT2D eigenvalue weighted by Gasteiger charge is 2.04. The van der Waals surface area contributed by atoms with Gasteiger partial charge in [-0.3, -0.25) is 4.79 Å². The SMILES string of the molecule is O=c1[nH]c2ccccc2cc1Nc1nnn[nH]1. The summed E-state index contributed by atoms with van der Waals surface area (Å²) >= 11 is 0. The smallest absolute Gasteiger partial charge is 0.272 e. The molecule has 3 N–H and O–H groups in total. The second kappa shape index (κ2) is 3.71. The van der Waals surface area contributed by atoms with Crippen LogP contribution < -0.4 is 10.9 Å². The minimum absolute atomic E-state index is 0.222. The number of H-pyrrole nitrogens is 2. The van der Waals surface area contributed by atoms with E-state index in [2.05, 4.69) is 30.9 Å². The second-order valence-corrected chi connectivity index (χ2v) is 3.47. The summed E-state index contributed by atoms with van der Waals surface area (Å²) in [6.07, 6.45) is 0. The molecule has 84 valence electrons. The van der Waals surface area contributed by atoms with Crippen molar-refractivity contribution in [2.45, 2.75) is 0 Å². The van der Waals surface area contributed by atoms with E-state index in [-0.39, 0.29) is 5.56 Å². The number of aromatic nitrogens is 5. The van der Waals surface area contributed by atoms with Crippen molar-refractivity contribution in [2.24, 2.45) is 0 Å². The van der Waals surface area contributed by atoms with Gasteiger partial charge in [0.15, 0.2) is 0 Å². The number of hydrogen-bond donors (Lipinski definition) is 3. The van der Waals surface area contributed by atoms with Crippen molar-refractivity contribution >= 4 is 22.5 Å². The van der Waals surface area contributed by atoms with Gasteiger partial charge >= 0.3 is 0 Å². The third-order valence-corrected chi connectivity index (χ3v) is 2.35. The summed E-state index contributed by atoms with van der Waals surface area (Å²) in [5.41, 5.74) is 0.959. The van der Waals surface area contributed by atoms with Crippen LogP contribution in [0.1, 0.15) is 0 Å². The zero-order chi connectivity index (χ0) is 11.7. The first-order chi connectivity index (χ1) is 8.33. The van der Waals surface area contributed by atoms with Gasteiger partial charge < -0.3 is 10.3 Å². The Bertz CT molecular complexity index is 702. The Morgan fingerprint density at radius 2 is 2.12 bits per heavy atom. The summed E-state index contributed by atoms with van der Waals surface area (Å²) in [4.78, 5) is 14.5. The Morgan fingerprint density at radius 3 is 2.94 bits per heavy atom. The van der Waals surface area contributed by atoms with Crippen LogP contribution >= 0.6 is 0 Å². The van der Waals surface area contributed by atoms with Crippen molar-refractivity contribution in [1.29, 1.82) is 0 Å². The van der Waals surface area contributed by atoms with Crippen LogP contribution in [0, 0.1) is 0 Å². The van der Waals surface area contributed by atoms with Crippen molar-refractivity contribution in [3.63, 3.8) is 0 Å². The number of hydrogen-bond acceptors (Lipinski definition) is 5. The molecule has 3 rings (SSSR count). The van der Waals surface area contributed by atoms with Crippen molar-refractivity contribution in [2.75, 3.05) is 5.32 Å². The minimum Gasteiger partial charge on any atom is -0.320 e. The Hall–Kier alpha value is -2.70. The van der Waals surface area contributed by atoms with Crippen LogP contribution in [0.5, 0.6) is 0 Å². The molecule has 2 aromatic heterocycles. The fourth-order valence-corrected chi connectivity index (χ4v) is 1.58. The molecule has 2 heterocycles. The van der Waals surface area contributed by atoms with Gasteiger partial charge in [0.25, 0.3) is 5.56 Å². The van der Waals surface area contributed by atoms with E-state index in [0.717, 1.165) is 10.9 Å². The van der Waals surface area contributed by atoms with Crippen molar-refractivity contribution in [1.82, 2.24) is 25.6 Å². The maximum absolute atomic E-state index is 11.8. The zero-order valence-corrected chi connectivity index (χ0v) is 8.64. The summed E-state index contributed by atoms with van der Waals surface area (Å²) in [7, 11) is 0. The van der Waals surface area contributed by atoms with Crippen LogP contribution in [-0.4, -0.2) is 25.6 Å². The predicted octanol–water partition coefficient (Wildman–Crippen LogP) is 0.785. The van der Waals surface area contributed by atoms with E-state index in [1.807, 2.05) is 24.3 Å². The number of anilines is 2. The fourth-order valence-electron chi connectivity index (χ4n) is 1.58. The predicted molar refractivity (Wildman–Crippen MR) is 62.0 cm³/mol. The van der Waals surface area contributed by atoms with Crippen LogP contribution in [0.25, 0.3) is 10.9 Å². The standard InChI is InChI=1S/C10H8N6O/c17-9-8(12-10-13-15-16-14-10)5-6-3-1-2-4-7(6)11-9/h1-5H,(H,11,17)(H2,12,13,14,15,16). The Balaban J connectivity index is 2.10. The zero-order valence-electron chi connectivity index (χ0n) is 8.64. The number of fused-ring (bicyclic) bond motifs is 1. The molecule has 0 aliphatic carbocycles. The van der Waals surface area contributed by atoms with Crippen molar-refractivity contribution in [3.05, 3.63) is 40.7 Å². The van der Waals surface area contributed by atoms with E-state index in [1.54, 1.807) is 6.07 Å². The molecular formula is C10H8N6O. The van der Waals surface area contributed by atoms with Crippen LogP contribution in [0.15, 0.2) is 35.1 Å². The Kier molecular flexibility index (Phi) is 2.08. The van der Waals surface area contributed by atoms with Crippen LogP contribution in [0.3, 0.4) is 0 Å². The lowest BCUT2D eigenvalue weighted by atomic mass is 10.2. The molecule has 0 fully saturated rings. The Labute approximate surface area is 94.9 Å². The van der Waals surface area contributed by atoms with E-state index in [4.69, 9.17) is 0 Å². The first kappa shape index (κ1) is 9.52. The lowest BCUT2D eigenvalue weighted by Crippen LogP contribution is -2.11. The third-order valence-electron chi connectivity index (χ3n) is 2.35. The highest BCUT2D eigenvalue weighted by atomic mass is 16.1. The number of tetrazole rings is 1. The number of rotatable bonds is 2. The molecule has 3 aromatic rings. The fraction of sp³-hybridized carbons (Fsp3) is 0. The van der Waals surface area contributed by atoms with Crippen LogP contribution in [0.4, 0.5) is 11.6 Å². The molecule has 0 bridgehead atoms. The molecule has 0 aliphatic rings. The van der Waals surface area contributed by atoms with E-state index >= 15 is 0 Å². The molecule has 0 saturated heterocycles.